The van der Waals surface area contributed by atoms with Gasteiger partial charge in [-0.15, -0.1) is 0 Å². The van der Waals surface area contributed by atoms with Gasteiger partial charge in [0.15, 0.2) is 0 Å². The second-order valence-corrected chi connectivity index (χ2v) is 13.9. The largest absolute Gasteiger partial charge is 0.416 e. The van der Waals surface area contributed by atoms with Crippen molar-refractivity contribution in [1.82, 2.24) is 0 Å². The molecule has 268 valence electrons. The molecule has 9 rings (SSSR count). The number of hydrogen-bond donors (Lipinski definition) is 0. The van der Waals surface area contributed by atoms with Crippen LogP contribution < -0.4 is 0 Å². The summed E-state index contributed by atoms with van der Waals surface area (Å²) in [4.78, 5) is 0. The molecular weight excluding hydrogens is 703 g/mol. The molecule has 0 bridgehead atoms. The molecule has 9 aromatic carbocycles. The van der Waals surface area contributed by atoms with Crippen molar-refractivity contribution >= 4 is 43.1 Å². The van der Waals surface area contributed by atoms with Gasteiger partial charge in [-0.3, -0.25) is 0 Å². The molecule has 0 nitrogen and oxygen atoms in total. The summed E-state index contributed by atoms with van der Waals surface area (Å²) in [6.07, 6.45) is -8.87. The molecule has 0 aliphatic heterocycles. The number of fused-ring (bicyclic) bond motifs is 4. The Labute approximate surface area is 312 Å². The Kier molecular flexibility index (Phi) is 8.05. The molecule has 0 spiro atoms. The molecule has 0 atom stereocenters. The molecule has 0 heterocycles. The molecule has 0 N–H and O–H groups in total. The lowest BCUT2D eigenvalue weighted by Crippen LogP contribution is -2.04. The molecule has 0 aliphatic carbocycles. The van der Waals surface area contributed by atoms with E-state index in [1.165, 1.54) is 0 Å². The maximum atomic E-state index is 13.5. The third-order valence-electron chi connectivity index (χ3n) is 10.5. The first-order valence-corrected chi connectivity index (χ1v) is 17.8. The lowest BCUT2D eigenvalue weighted by Gasteiger charge is -2.20. The molecular formula is C49H30F6. The van der Waals surface area contributed by atoms with Crippen LogP contribution in [-0.2, 0) is 12.4 Å². The number of benzene rings is 9. The Morgan fingerprint density at radius 1 is 0.291 bits per heavy atom. The number of aryl methyl sites for hydroxylation is 1. The van der Waals surface area contributed by atoms with Crippen molar-refractivity contribution in [2.45, 2.75) is 19.3 Å². The lowest BCUT2D eigenvalue weighted by atomic mass is 9.83. The molecule has 0 radical (unpaired) electrons. The Morgan fingerprint density at radius 2 is 0.527 bits per heavy atom. The van der Waals surface area contributed by atoms with Crippen molar-refractivity contribution in [3.63, 3.8) is 0 Å². The molecule has 0 aliphatic rings. The van der Waals surface area contributed by atoms with E-state index in [0.29, 0.717) is 11.1 Å². The molecule has 0 amide bonds. The summed E-state index contributed by atoms with van der Waals surface area (Å²) in [5.41, 5.74) is 6.78. The molecule has 0 saturated carbocycles. The van der Waals surface area contributed by atoms with E-state index in [9.17, 15) is 26.3 Å². The van der Waals surface area contributed by atoms with Crippen LogP contribution in [0.1, 0.15) is 16.7 Å². The molecule has 0 saturated heterocycles. The van der Waals surface area contributed by atoms with Crippen LogP contribution in [0, 0.1) is 6.92 Å². The van der Waals surface area contributed by atoms with Gasteiger partial charge in [0.2, 0.25) is 0 Å². The van der Waals surface area contributed by atoms with Crippen LogP contribution >= 0.6 is 0 Å². The third-order valence-corrected chi connectivity index (χ3v) is 10.5. The van der Waals surface area contributed by atoms with E-state index in [2.05, 4.69) is 49.4 Å². The monoisotopic (exact) mass is 732 g/mol. The normalized spacial score (nSPS) is 12.3. The second kappa shape index (κ2) is 12.9. The minimum atomic E-state index is -4.44. The zero-order valence-electron chi connectivity index (χ0n) is 29.4. The summed E-state index contributed by atoms with van der Waals surface area (Å²) in [7, 11) is 0. The van der Waals surface area contributed by atoms with Crippen LogP contribution in [0.5, 0.6) is 0 Å². The second-order valence-electron chi connectivity index (χ2n) is 13.9. The van der Waals surface area contributed by atoms with Crippen LogP contribution in [0.3, 0.4) is 0 Å². The van der Waals surface area contributed by atoms with E-state index in [-0.39, 0.29) is 0 Å². The summed E-state index contributed by atoms with van der Waals surface area (Å²) >= 11 is 0. The predicted octanol–water partition coefficient (Wildman–Crippen LogP) is 15.3. The van der Waals surface area contributed by atoms with Gasteiger partial charge in [-0.1, -0.05) is 133 Å². The molecule has 0 unspecified atom stereocenters. The van der Waals surface area contributed by atoms with Crippen LogP contribution in [0.15, 0.2) is 164 Å². The molecule has 55 heavy (non-hydrogen) atoms. The average Bonchev–Trinajstić information content (AvgIpc) is 3.18. The van der Waals surface area contributed by atoms with Crippen molar-refractivity contribution in [1.29, 1.82) is 0 Å². The van der Waals surface area contributed by atoms with Crippen molar-refractivity contribution in [2.24, 2.45) is 0 Å². The highest BCUT2D eigenvalue weighted by Crippen LogP contribution is 2.48. The number of hydrogen-bond acceptors (Lipinski definition) is 0. The van der Waals surface area contributed by atoms with E-state index in [1.807, 2.05) is 72.8 Å². The Balaban J connectivity index is 1.30. The number of halogens is 6. The first kappa shape index (κ1) is 34.4. The standard InChI is InChI=1S/C49H30F6/c1-29-26-32(46-40-14-6-2-10-36(40)44(37-11-3-7-15-41(37)46)30-18-22-34(23-19-30)48(50,51)52)28-33(27-29)47-42-16-8-4-12-38(42)45(39-13-5-9-17-43(39)47)31-20-24-35(25-21-31)49(53,54)55/h2-28H,1H3. The van der Waals surface area contributed by atoms with Gasteiger partial charge in [0, 0.05) is 0 Å². The highest BCUT2D eigenvalue weighted by atomic mass is 19.4. The SMILES string of the molecule is Cc1cc(-c2c3ccccc3c(-c3ccc(C(F)(F)F)cc3)c3ccccc23)cc(-c2c3ccccc3c(-c3ccc(C(F)(F)F)cc3)c3ccccc23)c1. The van der Waals surface area contributed by atoms with E-state index < -0.39 is 23.5 Å². The van der Waals surface area contributed by atoms with Gasteiger partial charge in [-0.25, -0.2) is 0 Å². The first-order valence-electron chi connectivity index (χ1n) is 17.8. The lowest BCUT2D eigenvalue weighted by molar-refractivity contribution is -0.138. The average molecular weight is 733 g/mol. The third kappa shape index (κ3) is 5.89. The summed E-state index contributed by atoms with van der Waals surface area (Å²) in [5, 5.41) is 7.60. The Morgan fingerprint density at radius 3 is 0.764 bits per heavy atom. The zero-order chi connectivity index (χ0) is 38.1. The Bertz CT molecular complexity index is 2620. The Hall–Kier alpha value is -6.40. The fourth-order valence-corrected chi connectivity index (χ4v) is 8.22. The van der Waals surface area contributed by atoms with Gasteiger partial charge in [0.25, 0.3) is 0 Å². The summed E-state index contributed by atoms with van der Waals surface area (Å²) in [5.74, 6) is 0. The van der Waals surface area contributed by atoms with Gasteiger partial charge in [-0.2, -0.15) is 26.3 Å². The van der Waals surface area contributed by atoms with Gasteiger partial charge in [-0.05, 0) is 130 Å². The van der Waals surface area contributed by atoms with Crippen molar-refractivity contribution in [3.8, 4) is 44.5 Å². The highest BCUT2D eigenvalue weighted by Gasteiger charge is 2.31. The van der Waals surface area contributed by atoms with Crippen molar-refractivity contribution in [3.05, 3.63) is 180 Å². The molecule has 9 aromatic rings. The van der Waals surface area contributed by atoms with Crippen LogP contribution in [0.25, 0.3) is 87.6 Å². The van der Waals surface area contributed by atoms with Crippen LogP contribution in [0.4, 0.5) is 26.3 Å². The van der Waals surface area contributed by atoms with Gasteiger partial charge >= 0.3 is 12.4 Å². The number of alkyl halides is 6. The van der Waals surface area contributed by atoms with E-state index in [1.54, 1.807) is 24.3 Å². The van der Waals surface area contributed by atoms with E-state index in [4.69, 9.17) is 0 Å². The van der Waals surface area contributed by atoms with Gasteiger partial charge in [0.1, 0.15) is 0 Å². The van der Waals surface area contributed by atoms with E-state index in [0.717, 1.165) is 106 Å². The fourth-order valence-electron chi connectivity index (χ4n) is 8.22. The van der Waals surface area contributed by atoms with Crippen molar-refractivity contribution in [2.75, 3.05) is 0 Å². The van der Waals surface area contributed by atoms with Crippen LogP contribution in [0.2, 0.25) is 0 Å². The van der Waals surface area contributed by atoms with Crippen LogP contribution in [-0.4, -0.2) is 0 Å². The van der Waals surface area contributed by atoms with E-state index >= 15 is 0 Å². The molecule has 0 aromatic heterocycles. The first-order chi connectivity index (χ1) is 26.5. The zero-order valence-corrected chi connectivity index (χ0v) is 29.4. The number of rotatable bonds is 4. The molecule has 0 fully saturated rings. The topological polar surface area (TPSA) is 0 Å². The minimum Gasteiger partial charge on any atom is -0.166 e. The minimum absolute atomic E-state index is 0.693. The maximum Gasteiger partial charge on any atom is 0.416 e. The summed E-state index contributed by atoms with van der Waals surface area (Å²) in [6, 6.07) is 49.3. The maximum absolute atomic E-state index is 13.5. The quantitative estimate of drug-likeness (QED) is 0.125. The fraction of sp³-hybridized carbons (Fsp3) is 0.0612. The highest BCUT2D eigenvalue weighted by molar-refractivity contribution is 6.23. The van der Waals surface area contributed by atoms with Gasteiger partial charge < -0.3 is 0 Å². The molecule has 6 heteroatoms. The summed E-state index contributed by atoms with van der Waals surface area (Å²) < 4.78 is 81.2. The smallest absolute Gasteiger partial charge is 0.166 e. The van der Waals surface area contributed by atoms with Crippen molar-refractivity contribution < 1.29 is 26.3 Å². The summed E-state index contributed by atoms with van der Waals surface area (Å²) in [6.45, 7) is 2.06. The predicted molar refractivity (Wildman–Crippen MR) is 213 cm³/mol. The van der Waals surface area contributed by atoms with Gasteiger partial charge in [0.05, 0.1) is 11.1 Å².